The Hall–Kier alpha value is -2.24. The fourth-order valence-electron chi connectivity index (χ4n) is 2.75. The van der Waals surface area contributed by atoms with Crippen LogP contribution in [0.15, 0.2) is 58.3 Å². The maximum Gasteiger partial charge on any atom is 0.266 e. The van der Waals surface area contributed by atoms with E-state index >= 15 is 0 Å². The van der Waals surface area contributed by atoms with Crippen LogP contribution in [0, 0.1) is 0 Å². The molecule has 11 heteroatoms. The van der Waals surface area contributed by atoms with Gasteiger partial charge in [0.15, 0.2) is 0 Å². The Balaban J connectivity index is 1.51. The van der Waals surface area contributed by atoms with Gasteiger partial charge in [-0.25, -0.2) is 13.6 Å². The lowest BCUT2D eigenvalue weighted by molar-refractivity contribution is -0.122. The molecule has 2 aromatic rings. The van der Waals surface area contributed by atoms with E-state index in [0.717, 1.165) is 5.56 Å². The van der Waals surface area contributed by atoms with Crippen molar-refractivity contribution in [1.29, 1.82) is 0 Å². The van der Waals surface area contributed by atoms with Crippen LogP contribution in [0.2, 0.25) is 5.02 Å². The van der Waals surface area contributed by atoms with Crippen molar-refractivity contribution < 1.29 is 18.0 Å². The van der Waals surface area contributed by atoms with Crippen molar-refractivity contribution in [3.63, 3.8) is 0 Å². The highest BCUT2D eigenvalue weighted by molar-refractivity contribution is 8.26. The summed E-state index contributed by atoms with van der Waals surface area (Å²) >= 11 is 12.4. The van der Waals surface area contributed by atoms with Crippen molar-refractivity contribution in [3.8, 4) is 0 Å². The van der Waals surface area contributed by atoms with Gasteiger partial charge in [-0.05, 0) is 54.5 Å². The Morgan fingerprint density at radius 2 is 1.81 bits per heavy atom. The molecule has 1 saturated heterocycles. The molecule has 7 nitrogen and oxygen atoms in total. The molecule has 1 aliphatic rings. The van der Waals surface area contributed by atoms with Crippen LogP contribution < -0.4 is 10.5 Å². The van der Waals surface area contributed by atoms with Gasteiger partial charge >= 0.3 is 0 Å². The molecular weight excluding hydrogens is 478 g/mol. The lowest BCUT2D eigenvalue weighted by atomic mass is 10.2. The van der Waals surface area contributed by atoms with E-state index < -0.39 is 10.0 Å². The van der Waals surface area contributed by atoms with Gasteiger partial charge in [0.1, 0.15) is 4.32 Å². The number of nitrogens with two attached hydrogens (primary N) is 1. The third-order valence-corrected chi connectivity index (χ3v) is 6.85. The molecule has 0 atom stereocenters. The molecule has 0 spiro atoms. The van der Waals surface area contributed by atoms with Crippen molar-refractivity contribution >= 4 is 73.5 Å². The first-order valence-electron chi connectivity index (χ1n) is 9.07. The van der Waals surface area contributed by atoms with Gasteiger partial charge in [0.05, 0.1) is 9.80 Å². The number of thiocarbonyl (C=S) groups is 1. The Bertz CT molecular complexity index is 1150. The van der Waals surface area contributed by atoms with Crippen LogP contribution in [0.5, 0.6) is 0 Å². The number of sulfonamides is 1. The quantitative estimate of drug-likeness (QED) is 0.448. The van der Waals surface area contributed by atoms with Crippen molar-refractivity contribution in [2.75, 3.05) is 11.9 Å². The Morgan fingerprint density at radius 3 is 2.42 bits per heavy atom. The molecule has 0 aromatic heterocycles. The number of nitrogens with one attached hydrogen (secondary N) is 1. The highest BCUT2D eigenvalue weighted by Gasteiger charge is 2.31. The third-order valence-electron chi connectivity index (χ3n) is 4.29. The zero-order valence-electron chi connectivity index (χ0n) is 16.1. The molecule has 3 N–H and O–H groups in total. The second-order valence-electron chi connectivity index (χ2n) is 6.61. The molecule has 0 unspecified atom stereocenters. The molecule has 0 saturated carbocycles. The van der Waals surface area contributed by atoms with Gasteiger partial charge in [-0.2, -0.15) is 0 Å². The summed E-state index contributed by atoms with van der Waals surface area (Å²) in [5, 5.41) is 8.34. The van der Waals surface area contributed by atoms with E-state index in [1.54, 1.807) is 18.2 Å². The zero-order chi connectivity index (χ0) is 22.6. The predicted octanol–water partition coefficient (Wildman–Crippen LogP) is 3.61. The minimum absolute atomic E-state index is 0.0356. The van der Waals surface area contributed by atoms with Gasteiger partial charge in [0.2, 0.25) is 15.9 Å². The summed E-state index contributed by atoms with van der Waals surface area (Å²) in [4.78, 5) is 26.7. The lowest BCUT2D eigenvalue weighted by Crippen LogP contribution is -2.29. The molecule has 162 valence electrons. The van der Waals surface area contributed by atoms with E-state index in [-0.39, 0.29) is 23.1 Å². The summed E-state index contributed by atoms with van der Waals surface area (Å²) in [5.41, 5.74) is 1.30. The van der Waals surface area contributed by atoms with Crippen LogP contribution in [0.3, 0.4) is 0 Å². The second-order valence-corrected chi connectivity index (χ2v) is 10.3. The average Bonchev–Trinajstić information content (AvgIpc) is 2.97. The summed E-state index contributed by atoms with van der Waals surface area (Å²) in [7, 11) is -3.78. The Labute approximate surface area is 194 Å². The predicted molar refractivity (Wildman–Crippen MR) is 127 cm³/mol. The van der Waals surface area contributed by atoms with Crippen molar-refractivity contribution in [2.24, 2.45) is 5.14 Å². The smallest absolute Gasteiger partial charge is 0.266 e. The van der Waals surface area contributed by atoms with E-state index in [2.05, 4.69) is 5.32 Å². The summed E-state index contributed by atoms with van der Waals surface area (Å²) in [6.45, 7) is 0.320. The minimum Gasteiger partial charge on any atom is -0.326 e. The van der Waals surface area contributed by atoms with Gasteiger partial charge in [-0.1, -0.05) is 47.7 Å². The second kappa shape index (κ2) is 9.92. The lowest BCUT2D eigenvalue weighted by Gasteiger charge is -2.14. The molecule has 0 radical (unpaired) electrons. The number of nitrogens with zero attached hydrogens (tertiary/aromatic N) is 1. The zero-order valence-corrected chi connectivity index (χ0v) is 19.3. The number of hydrogen-bond donors (Lipinski definition) is 2. The molecule has 2 amide bonds. The third kappa shape index (κ3) is 6.37. The summed E-state index contributed by atoms with van der Waals surface area (Å²) in [5.74, 6) is -0.450. The number of amides is 2. The molecule has 1 fully saturated rings. The van der Waals surface area contributed by atoms with Crippen LogP contribution >= 0.6 is 35.6 Å². The van der Waals surface area contributed by atoms with E-state index in [1.807, 2.05) is 12.1 Å². The number of primary sulfonamides is 1. The molecule has 2 aromatic carbocycles. The van der Waals surface area contributed by atoms with Crippen LogP contribution in [-0.4, -0.2) is 36.0 Å². The van der Waals surface area contributed by atoms with Gasteiger partial charge in [0.25, 0.3) is 5.91 Å². The van der Waals surface area contributed by atoms with Gasteiger partial charge in [-0.15, -0.1) is 0 Å². The van der Waals surface area contributed by atoms with Crippen molar-refractivity contribution in [2.45, 2.75) is 17.7 Å². The van der Waals surface area contributed by atoms with Crippen LogP contribution in [-0.2, 0) is 19.6 Å². The van der Waals surface area contributed by atoms with E-state index in [0.29, 0.717) is 32.9 Å². The van der Waals surface area contributed by atoms with Crippen LogP contribution in [0.4, 0.5) is 5.69 Å². The summed E-state index contributed by atoms with van der Waals surface area (Å²) < 4.78 is 23.0. The normalized spacial score (nSPS) is 15.5. The van der Waals surface area contributed by atoms with E-state index in [4.69, 9.17) is 29.0 Å². The molecule has 3 rings (SSSR count). The van der Waals surface area contributed by atoms with Crippen molar-refractivity contribution in [1.82, 2.24) is 4.90 Å². The number of halogens is 1. The first-order valence-corrected chi connectivity index (χ1v) is 12.2. The van der Waals surface area contributed by atoms with Gasteiger partial charge in [-0.3, -0.25) is 14.5 Å². The van der Waals surface area contributed by atoms with Crippen LogP contribution in [0.1, 0.15) is 18.4 Å². The Morgan fingerprint density at radius 1 is 1.16 bits per heavy atom. The highest BCUT2D eigenvalue weighted by Crippen LogP contribution is 2.32. The molecule has 0 bridgehead atoms. The highest BCUT2D eigenvalue weighted by atomic mass is 35.5. The number of rotatable bonds is 7. The number of benzene rings is 2. The SMILES string of the molecule is NS(=O)(=O)c1ccc(NC(=O)CCCN2C(=O)C(=Cc3ccc(Cl)cc3)SC2=S)cc1. The first-order chi connectivity index (χ1) is 14.6. The number of carbonyl (C=O) groups is 2. The molecule has 1 heterocycles. The maximum absolute atomic E-state index is 12.6. The number of carbonyl (C=O) groups excluding carboxylic acids is 2. The topological polar surface area (TPSA) is 110 Å². The van der Waals surface area contributed by atoms with Gasteiger partial charge in [0, 0.05) is 23.7 Å². The summed E-state index contributed by atoms with van der Waals surface area (Å²) in [6, 6.07) is 12.7. The first kappa shape index (κ1) is 23.4. The number of thioether (sulfide) groups is 1. The van der Waals surface area contributed by atoms with E-state index in [9.17, 15) is 18.0 Å². The molecule has 1 aliphatic heterocycles. The fourth-order valence-corrected chi connectivity index (χ4v) is 4.70. The minimum atomic E-state index is -3.78. The van der Waals surface area contributed by atoms with E-state index in [1.165, 1.54) is 40.9 Å². The molecule has 31 heavy (non-hydrogen) atoms. The monoisotopic (exact) mass is 495 g/mol. The maximum atomic E-state index is 12.6. The number of hydrogen-bond acceptors (Lipinski definition) is 6. The molecular formula is C20H18ClN3O4S3. The molecule has 0 aliphatic carbocycles. The summed E-state index contributed by atoms with van der Waals surface area (Å²) in [6.07, 6.45) is 2.35. The number of anilines is 1. The Kier molecular flexibility index (Phi) is 7.50. The van der Waals surface area contributed by atoms with Crippen LogP contribution in [0.25, 0.3) is 6.08 Å². The van der Waals surface area contributed by atoms with Gasteiger partial charge < -0.3 is 5.32 Å². The largest absolute Gasteiger partial charge is 0.326 e. The fraction of sp³-hybridized carbons (Fsp3) is 0.150. The van der Waals surface area contributed by atoms with Crippen molar-refractivity contribution in [3.05, 3.63) is 64.0 Å². The average molecular weight is 496 g/mol. The standard InChI is InChI=1S/C20H18ClN3O4S3/c21-14-5-3-13(4-6-14)12-17-19(26)24(20(29)30-17)11-1-2-18(25)23-15-7-9-16(10-8-15)31(22,27)28/h3-10,12H,1-2,11H2,(H,23,25)(H2,22,27,28).